The molecule has 0 unspecified atom stereocenters. The first kappa shape index (κ1) is 19.9. The zero-order valence-electron chi connectivity index (χ0n) is 16.8. The lowest BCUT2D eigenvalue weighted by molar-refractivity contribution is -0.0820. The first-order valence-electron chi connectivity index (χ1n) is 10.4. The van der Waals surface area contributed by atoms with Gasteiger partial charge in [-0.05, 0) is 43.5 Å². The van der Waals surface area contributed by atoms with Gasteiger partial charge >= 0.3 is 0 Å². The highest BCUT2D eigenvalue weighted by molar-refractivity contribution is 5.86. The van der Waals surface area contributed by atoms with Gasteiger partial charge in [-0.25, -0.2) is 0 Å². The van der Waals surface area contributed by atoms with Gasteiger partial charge in [0.15, 0.2) is 0 Å². The molecule has 2 aromatic heterocycles. The van der Waals surface area contributed by atoms with E-state index in [0.717, 1.165) is 28.6 Å². The fourth-order valence-electron chi connectivity index (χ4n) is 4.08. The third kappa shape index (κ3) is 4.29. The van der Waals surface area contributed by atoms with Crippen molar-refractivity contribution in [2.24, 2.45) is 0 Å². The molecule has 3 heterocycles. The van der Waals surface area contributed by atoms with Crippen LogP contribution in [0.4, 0.5) is 0 Å². The number of nitrogens with zero attached hydrogens (tertiary/aromatic N) is 2. The summed E-state index contributed by atoms with van der Waals surface area (Å²) in [4.78, 5) is 9.52. The number of aromatic amines is 1. The van der Waals surface area contributed by atoms with E-state index in [9.17, 15) is 10.2 Å². The molecule has 1 atom stereocenters. The zero-order chi connectivity index (χ0) is 20.3. The molecule has 0 bridgehead atoms. The number of pyridine rings is 1. The van der Waals surface area contributed by atoms with Crippen LogP contribution < -0.4 is 4.74 Å². The maximum absolute atomic E-state index is 10.9. The Kier molecular flexibility index (Phi) is 5.85. The molecule has 0 amide bonds. The summed E-state index contributed by atoms with van der Waals surface area (Å²) in [6.45, 7) is 3.84. The standard InChI is InChI=1S/C23H29N3O3/c1-2-18-15-19-20(25-18)6-3-7-21(19)29-14-8-22(27)26-12-9-23(28,10-13-26)17-5-4-11-24-16-17/h3-7,11,15-16,22,25,27-28H,2,8-10,12-14H2,1H3/t22-/m0/s1. The lowest BCUT2D eigenvalue weighted by Crippen LogP contribution is -2.47. The van der Waals surface area contributed by atoms with E-state index < -0.39 is 11.8 Å². The van der Waals surface area contributed by atoms with Gasteiger partial charge in [0.05, 0.1) is 12.2 Å². The average molecular weight is 396 g/mol. The lowest BCUT2D eigenvalue weighted by atomic mass is 9.85. The summed E-state index contributed by atoms with van der Waals surface area (Å²) in [5.74, 6) is 0.843. The second-order valence-corrected chi connectivity index (χ2v) is 7.79. The number of hydrogen-bond donors (Lipinski definition) is 3. The van der Waals surface area contributed by atoms with Gasteiger partial charge in [0.1, 0.15) is 12.0 Å². The number of benzene rings is 1. The molecule has 6 heteroatoms. The van der Waals surface area contributed by atoms with Crippen LogP contribution in [0.3, 0.4) is 0 Å². The topological polar surface area (TPSA) is 81.6 Å². The summed E-state index contributed by atoms with van der Waals surface area (Å²) >= 11 is 0. The molecule has 4 rings (SSSR count). The van der Waals surface area contributed by atoms with E-state index >= 15 is 0 Å². The number of nitrogens with one attached hydrogen (secondary N) is 1. The van der Waals surface area contributed by atoms with Gasteiger partial charge in [0.25, 0.3) is 0 Å². The van der Waals surface area contributed by atoms with Crippen LogP contribution in [0.5, 0.6) is 5.75 Å². The van der Waals surface area contributed by atoms with Crippen LogP contribution in [0.2, 0.25) is 0 Å². The highest BCUT2D eigenvalue weighted by atomic mass is 16.5. The number of rotatable bonds is 7. The number of aryl methyl sites for hydroxylation is 1. The number of aromatic nitrogens is 2. The van der Waals surface area contributed by atoms with E-state index in [4.69, 9.17) is 4.74 Å². The van der Waals surface area contributed by atoms with Crippen molar-refractivity contribution in [1.82, 2.24) is 14.9 Å². The minimum Gasteiger partial charge on any atom is -0.493 e. The van der Waals surface area contributed by atoms with Gasteiger partial charge < -0.3 is 19.9 Å². The Morgan fingerprint density at radius 3 is 2.79 bits per heavy atom. The molecule has 0 radical (unpaired) electrons. The van der Waals surface area contributed by atoms with E-state index in [2.05, 4.69) is 23.0 Å². The van der Waals surface area contributed by atoms with E-state index in [-0.39, 0.29) is 0 Å². The SMILES string of the molecule is CCc1cc2c(OCC[C@H](O)N3CCC(O)(c4cccnc4)CC3)cccc2[nH]1. The second-order valence-electron chi connectivity index (χ2n) is 7.79. The van der Waals surface area contributed by atoms with Crippen LogP contribution in [0.1, 0.15) is 37.4 Å². The highest BCUT2D eigenvalue weighted by Crippen LogP contribution is 2.33. The predicted octanol–water partition coefficient (Wildman–Crippen LogP) is 3.20. The maximum Gasteiger partial charge on any atom is 0.128 e. The number of likely N-dealkylation sites (tertiary alicyclic amines) is 1. The van der Waals surface area contributed by atoms with Crippen molar-refractivity contribution in [2.45, 2.75) is 44.4 Å². The number of aliphatic hydroxyl groups is 2. The van der Waals surface area contributed by atoms with Crippen molar-refractivity contribution in [2.75, 3.05) is 19.7 Å². The monoisotopic (exact) mass is 395 g/mol. The molecule has 0 spiro atoms. The number of ether oxygens (including phenoxy) is 1. The molecule has 1 fully saturated rings. The number of aliphatic hydroxyl groups excluding tert-OH is 1. The first-order chi connectivity index (χ1) is 14.1. The summed E-state index contributed by atoms with van der Waals surface area (Å²) < 4.78 is 5.98. The summed E-state index contributed by atoms with van der Waals surface area (Å²) in [5, 5.41) is 22.6. The number of H-pyrrole nitrogens is 1. The van der Waals surface area contributed by atoms with Crippen molar-refractivity contribution >= 4 is 10.9 Å². The molecule has 0 aliphatic carbocycles. The third-order valence-corrected chi connectivity index (χ3v) is 5.94. The Balaban J connectivity index is 1.30. The van der Waals surface area contributed by atoms with E-state index in [1.807, 2.05) is 35.2 Å². The van der Waals surface area contributed by atoms with Crippen LogP contribution >= 0.6 is 0 Å². The molecular formula is C23H29N3O3. The molecule has 0 saturated carbocycles. The van der Waals surface area contributed by atoms with E-state index in [0.29, 0.717) is 39.0 Å². The van der Waals surface area contributed by atoms with Crippen molar-refractivity contribution in [3.8, 4) is 5.75 Å². The Hall–Kier alpha value is -2.41. The van der Waals surface area contributed by atoms with Crippen LogP contribution in [0.15, 0.2) is 48.8 Å². The zero-order valence-corrected chi connectivity index (χ0v) is 16.8. The summed E-state index contributed by atoms with van der Waals surface area (Å²) in [6, 6.07) is 11.9. The molecule has 154 valence electrons. The first-order valence-corrected chi connectivity index (χ1v) is 10.4. The van der Waals surface area contributed by atoms with Gasteiger partial charge in [0.2, 0.25) is 0 Å². The van der Waals surface area contributed by atoms with Gasteiger partial charge in [0, 0.05) is 54.1 Å². The molecule has 3 N–H and O–H groups in total. The van der Waals surface area contributed by atoms with Gasteiger partial charge in [-0.1, -0.05) is 19.1 Å². The normalized spacial score (nSPS) is 18.0. The number of hydrogen-bond acceptors (Lipinski definition) is 5. The fraction of sp³-hybridized carbons (Fsp3) is 0.435. The minimum absolute atomic E-state index is 0.441. The van der Waals surface area contributed by atoms with Gasteiger partial charge in [-0.15, -0.1) is 0 Å². The molecule has 1 saturated heterocycles. The van der Waals surface area contributed by atoms with Crippen LogP contribution in [0, 0.1) is 0 Å². The van der Waals surface area contributed by atoms with Crippen molar-refractivity contribution in [3.05, 3.63) is 60.0 Å². The third-order valence-electron chi connectivity index (χ3n) is 5.94. The highest BCUT2D eigenvalue weighted by Gasteiger charge is 2.35. The molecular weight excluding hydrogens is 366 g/mol. The Labute approximate surface area is 171 Å². The van der Waals surface area contributed by atoms with Crippen LogP contribution in [-0.4, -0.2) is 51.0 Å². The van der Waals surface area contributed by atoms with E-state index in [1.54, 1.807) is 12.4 Å². The molecule has 6 nitrogen and oxygen atoms in total. The fourth-order valence-corrected chi connectivity index (χ4v) is 4.08. The lowest BCUT2D eigenvalue weighted by Gasteiger charge is -2.40. The minimum atomic E-state index is -0.859. The summed E-state index contributed by atoms with van der Waals surface area (Å²) in [7, 11) is 0. The van der Waals surface area contributed by atoms with E-state index in [1.165, 1.54) is 5.69 Å². The molecule has 1 aromatic carbocycles. The number of fused-ring (bicyclic) bond motifs is 1. The van der Waals surface area contributed by atoms with Crippen molar-refractivity contribution in [3.63, 3.8) is 0 Å². The summed E-state index contributed by atoms with van der Waals surface area (Å²) in [6.07, 6.45) is 5.50. The van der Waals surface area contributed by atoms with Crippen molar-refractivity contribution in [1.29, 1.82) is 0 Å². The second kappa shape index (κ2) is 8.53. The molecule has 3 aromatic rings. The number of piperidine rings is 1. The quantitative estimate of drug-likeness (QED) is 0.572. The van der Waals surface area contributed by atoms with Gasteiger partial charge in [-0.2, -0.15) is 0 Å². The van der Waals surface area contributed by atoms with Crippen molar-refractivity contribution < 1.29 is 14.9 Å². The Morgan fingerprint density at radius 2 is 2.07 bits per heavy atom. The summed E-state index contributed by atoms with van der Waals surface area (Å²) in [5.41, 5.74) is 2.25. The molecule has 29 heavy (non-hydrogen) atoms. The Bertz CT molecular complexity index is 933. The molecule has 1 aliphatic heterocycles. The largest absolute Gasteiger partial charge is 0.493 e. The predicted molar refractivity (Wildman–Crippen MR) is 113 cm³/mol. The van der Waals surface area contributed by atoms with Gasteiger partial charge in [-0.3, -0.25) is 9.88 Å². The maximum atomic E-state index is 10.9. The smallest absolute Gasteiger partial charge is 0.128 e. The molecule has 1 aliphatic rings. The van der Waals surface area contributed by atoms with Crippen LogP contribution in [-0.2, 0) is 12.0 Å². The Morgan fingerprint density at radius 1 is 1.24 bits per heavy atom. The average Bonchev–Trinajstić information content (AvgIpc) is 3.19. The van der Waals surface area contributed by atoms with Crippen LogP contribution in [0.25, 0.3) is 10.9 Å².